The predicted molar refractivity (Wildman–Crippen MR) is 111 cm³/mol. The van der Waals surface area contributed by atoms with Gasteiger partial charge in [0.2, 0.25) is 5.79 Å². The van der Waals surface area contributed by atoms with Crippen LogP contribution in [0.25, 0.3) is 0 Å². The fraction of sp³-hybridized carbons (Fsp3) is 0.800. The van der Waals surface area contributed by atoms with Crippen molar-refractivity contribution >= 4 is 5.78 Å². The lowest BCUT2D eigenvalue weighted by molar-refractivity contribution is -0.281. The maximum absolute atomic E-state index is 17.3. The molecule has 2 saturated carbocycles. The molecular weight excluding hydrogens is 418 g/mol. The van der Waals surface area contributed by atoms with Crippen molar-refractivity contribution in [3.63, 3.8) is 0 Å². The Hall–Kier alpha value is -1.15. The highest BCUT2D eigenvalue weighted by Crippen LogP contribution is 2.74. The maximum atomic E-state index is 17.3. The number of ether oxygens (including phenoxy) is 3. The lowest BCUT2D eigenvalue weighted by Crippen LogP contribution is -2.71. The van der Waals surface area contributed by atoms with Gasteiger partial charge < -0.3 is 19.3 Å². The van der Waals surface area contributed by atoms with Gasteiger partial charge in [0.15, 0.2) is 18.2 Å². The molecule has 6 rings (SSSR count). The van der Waals surface area contributed by atoms with Crippen LogP contribution in [-0.4, -0.2) is 47.5 Å². The number of hydrogen-bond acceptors (Lipinski definition) is 5. The molecule has 4 fully saturated rings. The van der Waals surface area contributed by atoms with Crippen LogP contribution >= 0.6 is 0 Å². The van der Waals surface area contributed by atoms with E-state index in [4.69, 9.17) is 14.2 Å². The van der Waals surface area contributed by atoms with Gasteiger partial charge in [-0.1, -0.05) is 19.9 Å². The third-order valence-electron chi connectivity index (χ3n) is 10.3. The van der Waals surface area contributed by atoms with Crippen LogP contribution in [0.4, 0.5) is 8.78 Å². The number of aliphatic hydroxyl groups excluding tert-OH is 1. The molecule has 0 aromatic rings. The molecule has 176 valence electrons. The van der Waals surface area contributed by atoms with Crippen LogP contribution in [0.15, 0.2) is 23.6 Å². The maximum Gasteiger partial charge on any atom is 0.201 e. The van der Waals surface area contributed by atoms with Gasteiger partial charge in [-0.25, -0.2) is 8.78 Å². The van der Waals surface area contributed by atoms with E-state index in [0.29, 0.717) is 19.4 Å². The average molecular weight is 451 g/mol. The number of rotatable bonds is 0. The SMILES string of the molecule is C[C@H]1C[C@H]2[C@@H]3CC(F)=C4CC(=O)C=C[C@]4(C)[C@@]3(F)[C@@H](O)C[C@]2(C)[C@]12OCOC21CCCO1. The molecule has 2 spiro atoms. The molecule has 4 aliphatic carbocycles. The molecule has 0 radical (unpaired) electrons. The van der Waals surface area contributed by atoms with Crippen LogP contribution in [-0.2, 0) is 19.0 Å². The topological polar surface area (TPSA) is 65.0 Å². The van der Waals surface area contributed by atoms with E-state index < -0.39 is 45.7 Å². The van der Waals surface area contributed by atoms with Gasteiger partial charge in [-0.15, -0.1) is 0 Å². The second-order valence-electron chi connectivity index (χ2n) is 11.4. The van der Waals surface area contributed by atoms with E-state index in [1.165, 1.54) is 12.2 Å². The van der Waals surface area contributed by atoms with Crippen LogP contribution in [0.3, 0.4) is 0 Å². The average Bonchev–Trinajstić information content (AvgIpc) is 3.42. The lowest BCUT2D eigenvalue weighted by Gasteiger charge is -2.63. The highest BCUT2D eigenvalue weighted by atomic mass is 19.1. The minimum absolute atomic E-state index is 0.00244. The van der Waals surface area contributed by atoms with Crippen molar-refractivity contribution in [2.24, 2.45) is 28.6 Å². The number of carbonyl (C=O) groups excluding carboxylic acids is 1. The van der Waals surface area contributed by atoms with Crippen molar-refractivity contribution < 1.29 is 32.9 Å². The van der Waals surface area contributed by atoms with Crippen LogP contribution in [0.5, 0.6) is 0 Å². The number of aliphatic hydroxyl groups is 1. The number of ketones is 1. The van der Waals surface area contributed by atoms with E-state index in [1.54, 1.807) is 6.92 Å². The summed E-state index contributed by atoms with van der Waals surface area (Å²) in [6.45, 7) is 6.48. The first-order valence-corrected chi connectivity index (χ1v) is 11.9. The van der Waals surface area contributed by atoms with Gasteiger partial charge in [-0.2, -0.15) is 0 Å². The summed E-state index contributed by atoms with van der Waals surface area (Å²) in [5.41, 5.74) is -4.67. The fourth-order valence-corrected chi connectivity index (χ4v) is 9.07. The Morgan fingerprint density at radius 2 is 1.97 bits per heavy atom. The first-order chi connectivity index (χ1) is 15.1. The number of fused-ring (bicyclic) bond motifs is 7. The van der Waals surface area contributed by atoms with Crippen LogP contribution in [0.2, 0.25) is 0 Å². The van der Waals surface area contributed by atoms with E-state index in [1.807, 2.05) is 0 Å². The Morgan fingerprint density at radius 1 is 1.19 bits per heavy atom. The minimum atomic E-state index is -2.06. The minimum Gasteiger partial charge on any atom is -0.390 e. The Balaban J connectivity index is 1.51. The van der Waals surface area contributed by atoms with Crippen molar-refractivity contribution in [3.05, 3.63) is 23.6 Å². The molecule has 0 bridgehead atoms. The Bertz CT molecular complexity index is 935. The summed E-state index contributed by atoms with van der Waals surface area (Å²) in [6, 6.07) is 0. The number of carbonyl (C=O) groups is 1. The van der Waals surface area contributed by atoms with E-state index in [-0.39, 0.29) is 49.2 Å². The fourth-order valence-electron chi connectivity index (χ4n) is 9.07. The van der Waals surface area contributed by atoms with Gasteiger partial charge in [0, 0.05) is 36.0 Å². The molecule has 1 unspecified atom stereocenters. The first kappa shape index (κ1) is 21.4. The molecular formula is C25H32F2O5. The van der Waals surface area contributed by atoms with Gasteiger partial charge in [-0.3, -0.25) is 4.79 Å². The largest absolute Gasteiger partial charge is 0.390 e. The van der Waals surface area contributed by atoms with Crippen LogP contribution in [0.1, 0.15) is 59.3 Å². The van der Waals surface area contributed by atoms with E-state index in [0.717, 1.165) is 6.42 Å². The summed E-state index contributed by atoms with van der Waals surface area (Å²) in [7, 11) is 0. The monoisotopic (exact) mass is 450 g/mol. The molecule has 9 atom stereocenters. The Labute approximate surface area is 187 Å². The Kier molecular flexibility index (Phi) is 4.20. The second-order valence-corrected chi connectivity index (χ2v) is 11.4. The van der Waals surface area contributed by atoms with Gasteiger partial charge in [0.05, 0.1) is 12.7 Å². The van der Waals surface area contributed by atoms with Crippen LogP contribution in [0, 0.1) is 28.6 Å². The molecule has 2 heterocycles. The molecule has 32 heavy (non-hydrogen) atoms. The van der Waals surface area contributed by atoms with Gasteiger partial charge in [0.1, 0.15) is 11.4 Å². The molecule has 2 saturated heterocycles. The highest BCUT2D eigenvalue weighted by molar-refractivity contribution is 5.93. The molecule has 0 amide bonds. The molecule has 6 aliphatic rings. The third-order valence-corrected chi connectivity index (χ3v) is 10.3. The highest BCUT2D eigenvalue weighted by Gasteiger charge is 2.81. The standard InChI is InChI=1S/C25H32F2O5/c1-14-9-16-17-11-19(26)18-10-15(28)5-7-21(18,2)24(17,27)20(29)12-22(16,3)25(14)23(31-13-32-25)6-4-8-30-23/h5,7,14,16-17,20,29H,4,6,8-13H2,1-3H3/t14-,16-,17-,20-,21-,22-,23?,24-,25+/m0/s1. The quantitative estimate of drug-likeness (QED) is 0.601. The van der Waals surface area contributed by atoms with Crippen molar-refractivity contribution in [1.82, 2.24) is 0 Å². The summed E-state index contributed by atoms with van der Waals surface area (Å²) in [6.07, 6.45) is 3.68. The smallest absolute Gasteiger partial charge is 0.201 e. The summed E-state index contributed by atoms with van der Waals surface area (Å²) >= 11 is 0. The zero-order valence-corrected chi connectivity index (χ0v) is 19.0. The zero-order valence-electron chi connectivity index (χ0n) is 19.0. The van der Waals surface area contributed by atoms with Gasteiger partial charge in [0.25, 0.3) is 0 Å². The van der Waals surface area contributed by atoms with Crippen LogP contribution < -0.4 is 0 Å². The summed E-state index contributed by atoms with van der Waals surface area (Å²) < 4.78 is 51.5. The van der Waals surface area contributed by atoms with E-state index >= 15 is 8.78 Å². The normalized spacial score (nSPS) is 56.8. The molecule has 1 N–H and O–H groups in total. The van der Waals surface area contributed by atoms with Crippen molar-refractivity contribution in [2.45, 2.75) is 82.5 Å². The summed E-state index contributed by atoms with van der Waals surface area (Å²) in [5.74, 6) is -2.48. The van der Waals surface area contributed by atoms with Crippen molar-refractivity contribution in [3.8, 4) is 0 Å². The molecule has 5 nitrogen and oxygen atoms in total. The van der Waals surface area contributed by atoms with E-state index in [9.17, 15) is 9.90 Å². The number of halogens is 2. The number of alkyl halides is 1. The second kappa shape index (κ2) is 6.29. The molecule has 7 heteroatoms. The molecule has 0 aromatic heterocycles. The van der Waals surface area contributed by atoms with Gasteiger partial charge in [-0.05, 0) is 49.7 Å². The van der Waals surface area contributed by atoms with E-state index in [2.05, 4.69) is 13.8 Å². The number of hydrogen-bond donors (Lipinski definition) is 1. The summed E-state index contributed by atoms with van der Waals surface area (Å²) in [4.78, 5) is 12.0. The zero-order chi connectivity index (χ0) is 22.7. The van der Waals surface area contributed by atoms with Gasteiger partial charge >= 0.3 is 0 Å². The molecule has 0 aromatic carbocycles. The lowest BCUT2D eigenvalue weighted by atomic mass is 9.44. The number of allylic oxidation sites excluding steroid dienone is 4. The van der Waals surface area contributed by atoms with Crippen molar-refractivity contribution in [1.29, 1.82) is 0 Å². The van der Waals surface area contributed by atoms with Crippen molar-refractivity contribution in [2.75, 3.05) is 13.4 Å². The first-order valence-electron chi connectivity index (χ1n) is 11.9. The molecule has 2 aliphatic heterocycles. The Morgan fingerprint density at radius 3 is 2.69 bits per heavy atom. The third kappa shape index (κ3) is 2.07. The summed E-state index contributed by atoms with van der Waals surface area (Å²) in [5, 5.41) is 11.5. The predicted octanol–water partition coefficient (Wildman–Crippen LogP) is 4.15.